The topological polar surface area (TPSA) is 58.1 Å². The van der Waals surface area contributed by atoms with E-state index in [1.807, 2.05) is 7.05 Å². The Labute approximate surface area is 184 Å². The van der Waals surface area contributed by atoms with Gasteiger partial charge in [-0.15, -0.1) is 24.0 Å². The van der Waals surface area contributed by atoms with Crippen molar-refractivity contribution in [1.82, 2.24) is 15.5 Å². The van der Waals surface area contributed by atoms with Crippen molar-refractivity contribution >= 4 is 29.9 Å². The van der Waals surface area contributed by atoms with E-state index in [0.29, 0.717) is 19.8 Å². The van der Waals surface area contributed by atoms with Gasteiger partial charge in [-0.3, -0.25) is 4.99 Å². The molecule has 0 aliphatic carbocycles. The first-order valence-corrected chi connectivity index (χ1v) is 10.6. The highest BCUT2D eigenvalue weighted by Gasteiger charge is 2.16. The van der Waals surface area contributed by atoms with Crippen molar-refractivity contribution in [3.8, 4) is 0 Å². The van der Waals surface area contributed by atoms with Gasteiger partial charge >= 0.3 is 0 Å². The van der Waals surface area contributed by atoms with Crippen LogP contribution in [-0.2, 0) is 9.47 Å². The number of hydrogen-bond acceptors (Lipinski definition) is 4. The highest BCUT2D eigenvalue weighted by atomic mass is 127. The molecular formula is C20H43IN4O2. The molecule has 0 aromatic rings. The molecule has 0 amide bonds. The molecular weight excluding hydrogens is 455 g/mol. The lowest BCUT2D eigenvalue weighted by Gasteiger charge is -2.33. The van der Waals surface area contributed by atoms with E-state index in [0.717, 1.165) is 38.1 Å². The summed E-state index contributed by atoms with van der Waals surface area (Å²) in [5, 5.41) is 6.67. The molecule has 1 rings (SSSR count). The highest BCUT2D eigenvalue weighted by molar-refractivity contribution is 14.0. The first-order valence-electron chi connectivity index (χ1n) is 10.6. The third-order valence-corrected chi connectivity index (χ3v) is 4.88. The van der Waals surface area contributed by atoms with Crippen molar-refractivity contribution < 1.29 is 9.47 Å². The van der Waals surface area contributed by atoms with Crippen LogP contribution in [-0.4, -0.2) is 76.6 Å². The van der Waals surface area contributed by atoms with E-state index in [1.165, 1.54) is 51.6 Å². The predicted molar refractivity (Wildman–Crippen MR) is 125 cm³/mol. The number of nitrogens with one attached hydrogen (secondary N) is 2. The Kier molecular flexibility index (Phi) is 19.1. The number of piperidine rings is 1. The molecule has 0 bridgehead atoms. The molecule has 0 aromatic heterocycles. The Hall–Kier alpha value is -0.120. The van der Waals surface area contributed by atoms with Gasteiger partial charge in [-0.05, 0) is 52.1 Å². The van der Waals surface area contributed by atoms with Crippen molar-refractivity contribution in [3.63, 3.8) is 0 Å². The van der Waals surface area contributed by atoms with Gasteiger partial charge in [0.15, 0.2) is 5.96 Å². The van der Waals surface area contributed by atoms with Crippen molar-refractivity contribution in [1.29, 1.82) is 0 Å². The molecule has 1 saturated heterocycles. The van der Waals surface area contributed by atoms with E-state index < -0.39 is 0 Å². The van der Waals surface area contributed by atoms with Crippen molar-refractivity contribution in [2.24, 2.45) is 4.99 Å². The summed E-state index contributed by atoms with van der Waals surface area (Å²) in [5.41, 5.74) is 0. The van der Waals surface area contributed by atoms with Crippen LogP contribution in [0.5, 0.6) is 0 Å². The summed E-state index contributed by atoms with van der Waals surface area (Å²) in [4.78, 5) is 6.90. The SMILES string of the molecule is CCCCOCCOCCNC(=NC)NCCCCN1CCCCC1C.I. The summed E-state index contributed by atoms with van der Waals surface area (Å²) < 4.78 is 11.0. The summed E-state index contributed by atoms with van der Waals surface area (Å²) in [6.07, 6.45) is 8.85. The maximum absolute atomic E-state index is 5.55. The number of halogens is 1. The maximum atomic E-state index is 5.55. The second-order valence-corrected chi connectivity index (χ2v) is 7.09. The zero-order valence-corrected chi connectivity index (χ0v) is 20.1. The van der Waals surface area contributed by atoms with Crippen LogP contribution in [0, 0.1) is 0 Å². The van der Waals surface area contributed by atoms with Crippen molar-refractivity contribution in [2.45, 2.75) is 64.8 Å². The Morgan fingerprint density at radius 2 is 1.74 bits per heavy atom. The van der Waals surface area contributed by atoms with Gasteiger partial charge in [-0.25, -0.2) is 0 Å². The number of aliphatic imine (C=N–C) groups is 1. The Balaban J connectivity index is 0.00000676. The monoisotopic (exact) mass is 498 g/mol. The highest BCUT2D eigenvalue weighted by Crippen LogP contribution is 2.16. The number of ether oxygens (including phenoxy) is 2. The number of rotatable bonds is 14. The molecule has 6 nitrogen and oxygen atoms in total. The van der Waals surface area contributed by atoms with Crippen LogP contribution >= 0.6 is 24.0 Å². The predicted octanol–water partition coefficient (Wildman–Crippen LogP) is 3.26. The van der Waals surface area contributed by atoms with Gasteiger partial charge in [0.05, 0.1) is 19.8 Å². The number of hydrogen-bond donors (Lipinski definition) is 2. The van der Waals surface area contributed by atoms with Crippen molar-refractivity contribution in [3.05, 3.63) is 0 Å². The fourth-order valence-corrected chi connectivity index (χ4v) is 3.17. The van der Waals surface area contributed by atoms with E-state index in [1.54, 1.807) is 0 Å². The van der Waals surface area contributed by atoms with Crippen LogP contribution in [0.2, 0.25) is 0 Å². The molecule has 0 radical (unpaired) electrons. The van der Waals surface area contributed by atoms with Gasteiger partial charge in [-0.1, -0.05) is 19.8 Å². The molecule has 7 heteroatoms. The lowest BCUT2D eigenvalue weighted by molar-refractivity contribution is 0.0487. The molecule has 162 valence electrons. The molecule has 1 aliphatic heterocycles. The lowest BCUT2D eigenvalue weighted by Crippen LogP contribution is -2.40. The molecule has 0 saturated carbocycles. The molecule has 1 fully saturated rings. The fraction of sp³-hybridized carbons (Fsp3) is 0.950. The van der Waals surface area contributed by atoms with E-state index >= 15 is 0 Å². The third kappa shape index (κ3) is 14.5. The zero-order chi connectivity index (χ0) is 18.9. The summed E-state index contributed by atoms with van der Waals surface area (Å²) in [6, 6.07) is 0.767. The second kappa shape index (κ2) is 19.2. The van der Waals surface area contributed by atoms with Crippen LogP contribution in [0.4, 0.5) is 0 Å². The van der Waals surface area contributed by atoms with Gasteiger partial charge in [0.25, 0.3) is 0 Å². The molecule has 1 aliphatic rings. The average molecular weight is 498 g/mol. The van der Waals surface area contributed by atoms with Crippen LogP contribution in [0.3, 0.4) is 0 Å². The van der Waals surface area contributed by atoms with Gasteiger partial charge in [0.1, 0.15) is 0 Å². The minimum Gasteiger partial charge on any atom is -0.379 e. The number of likely N-dealkylation sites (tertiary alicyclic amines) is 1. The zero-order valence-electron chi connectivity index (χ0n) is 17.8. The summed E-state index contributed by atoms with van der Waals surface area (Å²) in [5.74, 6) is 0.860. The number of nitrogens with zero attached hydrogens (tertiary/aromatic N) is 2. The maximum Gasteiger partial charge on any atom is 0.191 e. The van der Waals surface area contributed by atoms with Crippen LogP contribution in [0.1, 0.15) is 58.8 Å². The first-order chi connectivity index (χ1) is 12.8. The first kappa shape index (κ1) is 26.9. The molecule has 27 heavy (non-hydrogen) atoms. The molecule has 0 spiro atoms. The Morgan fingerprint density at radius 3 is 2.44 bits per heavy atom. The van der Waals surface area contributed by atoms with E-state index in [9.17, 15) is 0 Å². The van der Waals surface area contributed by atoms with Crippen LogP contribution in [0.25, 0.3) is 0 Å². The Bertz CT molecular complexity index is 359. The normalized spacial score (nSPS) is 18.2. The van der Waals surface area contributed by atoms with Gasteiger partial charge in [0, 0.05) is 32.8 Å². The Morgan fingerprint density at radius 1 is 1.00 bits per heavy atom. The molecule has 2 N–H and O–H groups in total. The van der Waals surface area contributed by atoms with E-state index in [-0.39, 0.29) is 24.0 Å². The fourth-order valence-electron chi connectivity index (χ4n) is 3.17. The molecule has 1 heterocycles. The smallest absolute Gasteiger partial charge is 0.191 e. The molecule has 1 atom stereocenters. The minimum atomic E-state index is 0. The average Bonchev–Trinajstić information content (AvgIpc) is 2.66. The molecule has 1 unspecified atom stereocenters. The number of guanidine groups is 1. The van der Waals surface area contributed by atoms with Crippen molar-refractivity contribution in [2.75, 3.05) is 59.7 Å². The second-order valence-electron chi connectivity index (χ2n) is 7.09. The van der Waals surface area contributed by atoms with Gasteiger partial charge in [0.2, 0.25) is 0 Å². The van der Waals surface area contributed by atoms with Crippen LogP contribution in [0.15, 0.2) is 4.99 Å². The van der Waals surface area contributed by atoms with Gasteiger partial charge < -0.3 is 25.0 Å². The van der Waals surface area contributed by atoms with E-state index in [4.69, 9.17) is 9.47 Å². The quantitative estimate of drug-likeness (QED) is 0.167. The van der Waals surface area contributed by atoms with Crippen LogP contribution < -0.4 is 10.6 Å². The van der Waals surface area contributed by atoms with E-state index in [2.05, 4.69) is 34.4 Å². The molecule has 0 aromatic carbocycles. The third-order valence-electron chi connectivity index (χ3n) is 4.88. The summed E-state index contributed by atoms with van der Waals surface area (Å²) in [7, 11) is 1.81. The number of unbranched alkanes of at least 4 members (excludes halogenated alkanes) is 2. The summed E-state index contributed by atoms with van der Waals surface area (Å²) >= 11 is 0. The van der Waals surface area contributed by atoms with Gasteiger partial charge in [-0.2, -0.15) is 0 Å². The minimum absolute atomic E-state index is 0. The standard InChI is InChI=1S/C20H42N4O2.HI/c1-4-5-15-25-17-18-26-16-12-23-20(21-3)22-11-7-9-14-24-13-8-6-10-19(24)2;/h19H,4-18H2,1-3H3,(H2,21,22,23);1H. The lowest BCUT2D eigenvalue weighted by atomic mass is 10.0. The summed E-state index contributed by atoms with van der Waals surface area (Å²) in [6.45, 7) is 11.6. The largest absolute Gasteiger partial charge is 0.379 e.